The van der Waals surface area contributed by atoms with Crippen LogP contribution in [0.2, 0.25) is 0 Å². The van der Waals surface area contributed by atoms with E-state index in [-0.39, 0.29) is 16.9 Å². The van der Waals surface area contributed by atoms with Crippen molar-refractivity contribution in [3.63, 3.8) is 0 Å². The summed E-state index contributed by atoms with van der Waals surface area (Å²) in [4.78, 5) is 11.1. The number of carboxylic acid groups (broad SMARTS) is 1. The maximum atomic E-state index is 13.2. The number of carboxylic acids is 1. The Hall–Kier alpha value is -1.82. The fourth-order valence-electron chi connectivity index (χ4n) is 1.35. The lowest BCUT2D eigenvalue weighted by Crippen LogP contribution is -2.32. The van der Waals surface area contributed by atoms with E-state index >= 15 is 0 Å². The number of carbonyl (C=O) groups is 1. The molecule has 0 unspecified atom stereocenters. The average molecular weight is 256 g/mol. The van der Waals surface area contributed by atoms with Crippen LogP contribution in [0.1, 0.15) is 24.2 Å². The average Bonchev–Trinajstić information content (AvgIpc) is 2.30. The highest BCUT2D eigenvalue weighted by atomic mass is 19.1. The number of benzene rings is 1. The molecule has 0 heterocycles. The van der Waals surface area contributed by atoms with Crippen LogP contribution in [0, 0.1) is 5.82 Å². The summed E-state index contributed by atoms with van der Waals surface area (Å²) >= 11 is 0. The Morgan fingerprint density at radius 2 is 2.17 bits per heavy atom. The molecule has 6 heteroatoms. The van der Waals surface area contributed by atoms with Gasteiger partial charge >= 0.3 is 5.97 Å². The molecule has 4 N–H and O–H groups in total. The van der Waals surface area contributed by atoms with Crippen LogP contribution in [0.4, 0.5) is 15.8 Å². The van der Waals surface area contributed by atoms with E-state index in [9.17, 15) is 9.18 Å². The van der Waals surface area contributed by atoms with E-state index < -0.39 is 17.4 Å². The standard InChI is InChI=1S/C12H17FN2O3/c1-12(2,18-3)6-15-8-5-4-7(13)10(14)9(8)11(16)17/h4-5,15H,6,14H2,1-3H3,(H,16,17). The third-order valence-corrected chi connectivity index (χ3v) is 2.66. The van der Waals surface area contributed by atoms with Gasteiger partial charge in [-0.25, -0.2) is 9.18 Å². The lowest BCUT2D eigenvalue weighted by molar-refractivity contribution is 0.0343. The highest BCUT2D eigenvalue weighted by molar-refractivity contribution is 6.00. The molecular weight excluding hydrogens is 239 g/mol. The van der Waals surface area contributed by atoms with Crippen molar-refractivity contribution in [2.24, 2.45) is 0 Å². The maximum Gasteiger partial charge on any atom is 0.340 e. The van der Waals surface area contributed by atoms with Crippen LogP contribution in [-0.2, 0) is 4.74 Å². The van der Waals surface area contributed by atoms with Gasteiger partial charge in [0.15, 0.2) is 0 Å². The molecule has 0 fully saturated rings. The van der Waals surface area contributed by atoms with Crippen molar-refractivity contribution < 1.29 is 19.0 Å². The minimum atomic E-state index is -1.27. The van der Waals surface area contributed by atoms with Crippen LogP contribution in [0.3, 0.4) is 0 Å². The highest BCUT2D eigenvalue weighted by Crippen LogP contribution is 2.25. The minimum absolute atomic E-state index is 0.262. The normalized spacial score (nSPS) is 11.3. The van der Waals surface area contributed by atoms with Gasteiger partial charge in [0.25, 0.3) is 0 Å². The van der Waals surface area contributed by atoms with Gasteiger partial charge in [-0.3, -0.25) is 0 Å². The topological polar surface area (TPSA) is 84.6 Å². The smallest absolute Gasteiger partial charge is 0.340 e. The fraction of sp³-hybridized carbons (Fsp3) is 0.417. The van der Waals surface area contributed by atoms with E-state index in [2.05, 4.69) is 5.32 Å². The Morgan fingerprint density at radius 1 is 1.56 bits per heavy atom. The van der Waals surface area contributed by atoms with Crippen molar-refractivity contribution >= 4 is 17.3 Å². The molecule has 18 heavy (non-hydrogen) atoms. The first-order valence-electron chi connectivity index (χ1n) is 5.39. The molecule has 0 saturated heterocycles. The van der Waals surface area contributed by atoms with Crippen LogP contribution in [0.25, 0.3) is 0 Å². The molecule has 1 aromatic carbocycles. The third kappa shape index (κ3) is 3.10. The number of ether oxygens (including phenoxy) is 1. The van der Waals surface area contributed by atoms with Gasteiger partial charge in [0.1, 0.15) is 11.4 Å². The molecule has 0 aliphatic heterocycles. The summed E-state index contributed by atoms with van der Waals surface area (Å²) < 4.78 is 18.4. The second-order valence-electron chi connectivity index (χ2n) is 4.51. The lowest BCUT2D eigenvalue weighted by atomic mass is 10.1. The van der Waals surface area contributed by atoms with Crippen LogP contribution in [0.5, 0.6) is 0 Å². The predicted molar refractivity (Wildman–Crippen MR) is 67.3 cm³/mol. The Balaban J connectivity index is 3.03. The number of methoxy groups -OCH3 is 1. The van der Waals surface area contributed by atoms with Gasteiger partial charge < -0.3 is 20.9 Å². The number of nitrogens with two attached hydrogens (primary N) is 1. The summed E-state index contributed by atoms with van der Waals surface area (Å²) in [6.07, 6.45) is 0. The summed E-state index contributed by atoms with van der Waals surface area (Å²) in [7, 11) is 1.55. The predicted octanol–water partition coefficient (Wildman–Crippen LogP) is 1.94. The molecule has 0 amide bonds. The SMILES string of the molecule is COC(C)(C)CNc1ccc(F)c(N)c1C(=O)O. The number of aromatic carboxylic acids is 1. The molecule has 0 spiro atoms. The minimum Gasteiger partial charge on any atom is -0.478 e. The fourth-order valence-corrected chi connectivity index (χ4v) is 1.35. The highest BCUT2D eigenvalue weighted by Gasteiger charge is 2.20. The van der Waals surface area contributed by atoms with Crippen LogP contribution >= 0.6 is 0 Å². The van der Waals surface area contributed by atoms with Crippen molar-refractivity contribution in [1.82, 2.24) is 0 Å². The molecule has 0 radical (unpaired) electrons. The number of hydrogen-bond acceptors (Lipinski definition) is 4. The van der Waals surface area contributed by atoms with Crippen LogP contribution in [-0.4, -0.2) is 30.3 Å². The van der Waals surface area contributed by atoms with Crippen molar-refractivity contribution in [3.8, 4) is 0 Å². The number of rotatable bonds is 5. The van der Waals surface area contributed by atoms with Gasteiger partial charge in [0.05, 0.1) is 17.0 Å². The van der Waals surface area contributed by atoms with Gasteiger partial charge in [0.2, 0.25) is 0 Å². The van der Waals surface area contributed by atoms with E-state index in [0.29, 0.717) is 6.54 Å². The zero-order valence-corrected chi connectivity index (χ0v) is 10.6. The number of nitrogen functional groups attached to an aromatic ring is 1. The van der Waals surface area contributed by atoms with Crippen molar-refractivity contribution in [2.45, 2.75) is 19.4 Å². The summed E-state index contributed by atoms with van der Waals surface area (Å²) in [6.45, 7) is 4.05. The largest absolute Gasteiger partial charge is 0.478 e. The molecular formula is C12H17FN2O3. The molecule has 0 aliphatic rings. The third-order valence-electron chi connectivity index (χ3n) is 2.66. The van der Waals surface area contributed by atoms with Crippen LogP contribution in [0.15, 0.2) is 12.1 Å². The van der Waals surface area contributed by atoms with Crippen molar-refractivity contribution in [3.05, 3.63) is 23.5 Å². The molecule has 1 rings (SSSR count). The molecule has 5 nitrogen and oxygen atoms in total. The molecule has 0 saturated carbocycles. The summed E-state index contributed by atoms with van der Waals surface area (Å²) in [5, 5.41) is 11.9. The van der Waals surface area contributed by atoms with E-state index in [4.69, 9.17) is 15.6 Å². The second kappa shape index (κ2) is 5.22. The van der Waals surface area contributed by atoms with Gasteiger partial charge in [-0.05, 0) is 26.0 Å². The lowest BCUT2D eigenvalue weighted by Gasteiger charge is -2.24. The Bertz CT molecular complexity index is 461. The van der Waals surface area contributed by atoms with Gasteiger partial charge in [-0.1, -0.05) is 0 Å². The number of nitrogens with one attached hydrogen (secondary N) is 1. The first kappa shape index (κ1) is 14.2. The Morgan fingerprint density at radius 3 is 2.67 bits per heavy atom. The van der Waals surface area contributed by atoms with Gasteiger partial charge in [0, 0.05) is 13.7 Å². The number of anilines is 2. The number of halogens is 1. The zero-order valence-electron chi connectivity index (χ0n) is 10.6. The summed E-state index contributed by atoms with van der Waals surface area (Å²) in [5.41, 5.74) is 4.59. The summed E-state index contributed by atoms with van der Waals surface area (Å²) in [5.74, 6) is -2.02. The number of hydrogen-bond donors (Lipinski definition) is 3. The monoisotopic (exact) mass is 256 g/mol. The molecule has 0 aliphatic carbocycles. The Labute approximate surface area is 105 Å². The second-order valence-corrected chi connectivity index (χ2v) is 4.51. The molecule has 100 valence electrons. The van der Waals surface area contributed by atoms with E-state index in [0.717, 1.165) is 6.07 Å². The van der Waals surface area contributed by atoms with E-state index in [1.54, 1.807) is 7.11 Å². The first-order chi connectivity index (χ1) is 8.28. The molecule has 0 bridgehead atoms. The quantitative estimate of drug-likeness (QED) is 0.701. The van der Waals surface area contributed by atoms with Crippen molar-refractivity contribution in [1.29, 1.82) is 0 Å². The Kier molecular flexibility index (Phi) is 4.13. The van der Waals surface area contributed by atoms with Gasteiger partial charge in [-0.15, -0.1) is 0 Å². The molecule has 1 aromatic rings. The van der Waals surface area contributed by atoms with E-state index in [1.165, 1.54) is 6.07 Å². The van der Waals surface area contributed by atoms with Crippen molar-refractivity contribution in [2.75, 3.05) is 24.7 Å². The van der Waals surface area contributed by atoms with Gasteiger partial charge in [-0.2, -0.15) is 0 Å². The first-order valence-corrected chi connectivity index (χ1v) is 5.39. The van der Waals surface area contributed by atoms with E-state index in [1.807, 2.05) is 13.8 Å². The molecule has 0 atom stereocenters. The maximum absolute atomic E-state index is 13.2. The molecule has 0 aromatic heterocycles. The zero-order chi connectivity index (χ0) is 13.9. The van der Waals surface area contributed by atoms with Crippen LogP contribution < -0.4 is 11.1 Å². The summed E-state index contributed by atoms with van der Waals surface area (Å²) in [6, 6.07) is 2.48.